The van der Waals surface area contributed by atoms with Crippen molar-refractivity contribution in [1.82, 2.24) is 10.2 Å². The van der Waals surface area contributed by atoms with Gasteiger partial charge in [-0.25, -0.2) is 4.79 Å². The van der Waals surface area contributed by atoms with E-state index in [4.69, 9.17) is 10.6 Å². The summed E-state index contributed by atoms with van der Waals surface area (Å²) in [6, 6.07) is -0.317. The first-order chi connectivity index (χ1) is 6.24. The predicted octanol–water partition coefficient (Wildman–Crippen LogP) is 1.12. The van der Waals surface area contributed by atoms with Gasteiger partial charge in [-0.3, -0.25) is 0 Å². The zero-order valence-corrected chi connectivity index (χ0v) is 7.23. The lowest BCUT2D eigenvalue weighted by molar-refractivity contribution is 0.182. The lowest BCUT2D eigenvalue weighted by atomic mass is 9.91. The molecule has 3 N–H and O–H groups in total. The molecule has 1 saturated carbocycles. The number of rotatable bonds is 2. The molecule has 0 spiro atoms. The molecular formula is C7H13N4O2+. The third-order valence-electron chi connectivity index (χ3n) is 2.24. The third-order valence-corrected chi connectivity index (χ3v) is 2.24. The van der Waals surface area contributed by atoms with Crippen LogP contribution in [-0.4, -0.2) is 23.3 Å². The second-order valence-corrected chi connectivity index (χ2v) is 3.12. The number of carbonyl (C=O) groups is 1. The molecule has 13 heavy (non-hydrogen) atoms. The van der Waals surface area contributed by atoms with E-state index in [1.807, 2.05) is 0 Å². The molecule has 0 saturated heterocycles. The van der Waals surface area contributed by atoms with Gasteiger partial charge in [0.25, 0.3) is 0 Å². The normalized spacial score (nSPS) is 27.4. The van der Waals surface area contributed by atoms with E-state index < -0.39 is 6.09 Å². The molecule has 0 radical (unpaired) electrons. The van der Waals surface area contributed by atoms with Crippen LogP contribution < -0.4 is 10.2 Å². The highest BCUT2D eigenvalue weighted by atomic mass is 16.4. The maximum atomic E-state index is 10.4. The molecule has 2 atom stereocenters. The minimum atomic E-state index is -1.03. The van der Waals surface area contributed by atoms with E-state index in [-0.39, 0.29) is 12.1 Å². The average molecular weight is 185 g/mol. The van der Waals surface area contributed by atoms with Crippen molar-refractivity contribution in [2.24, 2.45) is 5.11 Å². The fraction of sp³-hybridized carbons (Fsp3) is 0.857. The van der Waals surface area contributed by atoms with Crippen LogP contribution in [0, 0.1) is 5.53 Å². The molecule has 1 rings (SSSR count). The SMILES string of the molecule is N=[N+]=NC1CCCCC1NC(=O)O. The van der Waals surface area contributed by atoms with Crippen molar-refractivity contribution < 1.29 is 9.90 Å². The van der Waals surface area contributed by atoms with Crippen molar-refractivity contribution >= 4 is 6.09 Å². The van der Waals surface area contributed by atoms with Crippen molar-refractivity contribution in [2.75, 3.05) is 0 Å². The Morgan fingerprint density at radius 3 is 2.85 bits per heavy atom. The van der Waals surface area contributed by atoms with Crippen molar-refractivity contribution in [3.05, 3.63) is 0 Å². The van der Waals surface area contributed by atoms with Crippen LogP contribution in [0.2, 0.25) is 0 Å². The Hall–Kier alpha value is -1.42. The molecule has 1 aliphatic rings. The summed E-state index contributed by atoms with van der Waals surface area (Å²) in [7, 11) is 0. The molecule has 0 bridgehead atoms. The van der Waals surface area contributed by atoms with Crippen molar-refractivity contribution in [2.45, 2.75) is 37.8 Å². The van der Waals surface area contributed by atoms with Gasteiger partial charge in [0.1, 0.15) is 10.6 Å². The van der Waals surface area contributed by atoms with Gasteiger partial charge in [-0.15, -0.1) is 0 Å². The van der Waals surface area contributed by atoms with E-state index in [0.717, 1.165) is 25.7 Å². The Morgan fingerprint density at radius 1 is 1.54 bits per heavy atom. The minimum absolute atomic E-state index is 0.151. The van der Waals surface area contributed by atoms with Crippen LogP contribution >= 0.6 is 0 Å². The van der Waals surface area contributed by atoms with Crippen LogP contribution in [0.25, 0.3) is 0 Å². The Kier molecular flexibility index (Phi) is 3.40. The van der Waals surface area contributed by atoms with Crippen LogP contribution in [0.1, 0.15) is 25.7 Å². The Balaban J connectivity index is 2.55. The lowest BCUT2D eigenvalue weighted by Gasteiger charge is -2.24. The molecule has 1 aliphatic carbocycles. The quantitative estimate of drug-likeness (QED) is 0.443. The Morgan fingerprint density at radius 2 is 2.23 bits per heavy atom. The molecule has 1 fully saturated rings. The third kappa shape index (κ3) is 2.83. The number of nitrogens with one attached hydrogen (secondary N) is 2. The molecule has 2 unspecified atom stereocenters. The topological polar surface area (TPSA) is 99.6 Å². The van der Waals surface area contributed by atoms with Gasteiger partial charge in [-0.05, 0) is 12.8 Å². The Bertz CT molecular complexity index is 237. The minimum Gasteiger partial charge on any atom is -0.465 e. The molecule has 0 aromatic rings. The first-order valence-electron chi connectivity index (χ1n) is 4.30. The van der Waals surface area contributed by atoms with Crippen molar-refractivity contribution in [1.29, 1.82) is 5.53 Å². The summed E-state index contributed by atoms with van der Waals surface area (Å²) in [5, 5.41) is 14.6. The van der Waals surface area contributed by atoms with Gasteiger partial charge in [-0.1, -0.05) is 12.8 Å². The average Bonchev–Trinajstić information content (AvgIpc) is 2.08. The van der Waals surface area contributed by atoms with E-state index in [2.05, 4.69) is 15.3 Å². The highest BCUT2D eigenvalue weighted by molar-refractivity contribution is 5.65. The van der Waals surface area contributed by atoms with Crippen LogP contribution in [0.5, 0.6) is 0 Å². The van der Waals surface area contributed by atoms with E-state index in [1.165, 1.54) is 0 Å². The molecule has 0 aromatic heterocycles. The number of carboxylic acid groups (broad SMARTS) is 1. The first kappa shape index (κ1) is 9.67. The predicted molar refractivity (Wildman–Crippen MR) is 44.5 cm³/mol. The van der Waals surface area contributed by atoms with Crippen molar-refractivity contribution in [3.63, 3.8) is 0 Å². The second-order valence-electron chi connectivity index (χ2n) is 3.12. The standard InChI is InChI=1S/C7H12N4O2/c8-11-10-6-4-2-1-3-5(6)9-7(12)13/h5-6,8-9H,1-4H2/p+1. The van der Waals surface area contributed by atoms with E-state index in [0.29, 0.717) is 0 Å². The van der Waals surface area contributed by atoms with Gasteiger partial charge in [0, 0.05) is 0 Å². The molecule has 0 aliphatic heterocycles. The first-order valence-corrected chi connectivity index (χ1v) is 4.30. The van der Waals surface area contributed by atoms with Gasteiger partial charge in [0.15, 0.2) is 6.04 Å². The highest BCUT2D eigenvalue weighted by Gasteiger charge is 2.29. The van der Waals surface area contributed by atoms with Gasteiger partial charge in [0.2, 0.25) is 4.91 Å². The van der Waals surface area contributed by atoms with Crippen molar-refractivity contribution in [3.8, 4) is 0 Å². The van der Waals surface area contributed by atoms with Gasteiger partial charge < -0.3 is 10.4 Å². The summed E-state index contributed by atoms with van der Waals surface area (Å²) >= 11 is 0. The van der Waals surface area contributed by atoms with E-state index in [9.17, 15) is 4.79 Å². The Labute approximate surface area is 75.6 Å². The molecule has 0 heterocycles. The fourth-order valence-electron chi connectivity index (χ4n) is 1.65. The summed E-state index contributed by atoms with van der Waals surface area (Å²) in [5.74, 6) is 0. The lowest BCUT2D eigenvalue weighted by Crippen LogP contribution is -2.43. The second kappa shape index (κ2) is 4.57. The molecular weight excluding hydrogens is 172 g/mol. The molecule has 0 aromatic carbocycles. The van der Waals surface area contributed by atoms with Gasteiger partial charge >= 0.3 is 6.09 Å². The highest BCUT2D eigenvalue weighted by Crippen LogP contribution is 2.20. The van der Waals surface area contributed by atoms with Crippen LogP contribution in [0.15, 0.2) is 5.11 Å². The number of amides is 1. The fourth-order valence-corrected chi connectivity index (χ4v) is 1.65. The molecule has 6 heteroatoms. The summed E-state index contributed by atoms with van der Waals surface area (Å²) in [4.78, 5) is 13.3. The van der Waals surface area contributed by atoms with Crippen LogP contribution in [0.3, 0.4) is 0 Å². The summed E-state index contributed by atoms with van der Waals surface area (Å²) in [6.45, 7) is 0. The summed E-state index contributed by atoms with van der Waals surface area (Å²) in [6.07, 6.45) is 2.61. The van der Waals surface area contributed by atoms with Gasteiger partial charge in [-0.2, -0.15) is 0 Å². The number of hydrogen-bond donors (Lipinski definition) is 3. The zero-order chi connectivity index (χ0) is 9.68. The zero-order valence-electron chi connectivity index (χ0n) is 7.23. The summed E-state index contributed by atoms with van der Waals surface area (Å²) in [5.41, 5.74) is 6.59. The van der Waals surface area contributed by atoms with Gasteiger partial charge in [0.05, 0.1) is 6.04 Å². The monoisotopic (exact) mass is 185 g/mol. The van der Waals surface area contributed by atoms with E-state index >= 15 is 0 Å². The summed E-state index contributed by atoms with van der Waals surface area (Å²) < 4.78 is 0. The molecule has 72 valence electrons. The van der Waals surface area contributed by atoms with Crippen LogP contribution in [0.4, 0.5) is 4.79 Å². The maximum Gasteiger partial charge on any atom is 0.404 e. The molecule has 1 amide bonds. The number of nitrogens with zero attached hydrogens (tertiary/aromatic N) is 2. The maximum absolute atomic E-state index is 10.4. The smallest absolute Gasteiger partial charge is 0.404 e. The largest absolute Gasteiger partial charge is 0.465 e. The number of hydrogen-bond acceptors (Lipinski definition) is 3. The molecule has 6 nitrogen and oxygen atoms in total. The van der Waals surface area contributed by atoms with Crippen LogP contribution in [-0.2, 0) is 0 Å². The van der Waals surface area contributed by atoms with E-state index in [1.54, 1.807) is 0 Å².